The van der Waals surface area contributed by atoms with E-state index in [1.165, 1.54) is 0 Å². The molecule has 1 saturated heterocycles. The molecular formula is C20H28O5. The van der Waals surface area contributed by atoms with Gasteiger partial charge in [-0.1, -0.05) is 27.7 Å². The van der Waals surface area contributed by atoms with E-state index in [-0.39, 0.29) is 47.3 Å². The van der Waals surface area contributed by atoms with Gasteiger partial charge in [0, 0.05) is 24.2 Å². The zero-order valence-electron chi connectivity index (χ0n) is 15.8. The van der Waals surface area contributed by atoms with Crippen LogP contribution in [0.15, 0.2) is 0 Å². The summed E-state index contributed by atoms with van der Waals surface area (Å²) >= 11 is 0. The van der Waals surface area contributed by atoms with Gasteiger partial charge in [0.05, 0.1) is 6.10 Å². The van der Waals surface area contributed by atoms with Crippen LogP contribution in [-0.2, 0) is 23.9 Å². The van der Waals surface area contributed by atoms with Crippen LogP contribution in [0.5, 0.6) is 0 Å². The van der Waals surface area contributed by atoms with Crippen LogP contribution in [0.1, 0.15) is 60.3 Å². The number of hydrogen-bond donors (Lipinski definition) is 0. The first kappa shape index (κ1) is 17.2. The molecule has 0 aromatic heterocycles. The SMILES string of the molecule is CC(C)CC(=O)OC1C(=O)C2(C)OC2CC1C12CC(CC1=O)C2(C)C. The maximum atomic E-state index is 13.0. The largest absolute Gasteiger partial charge is 0.454 e. The van der Waals surface area contributed by atoms with Crippen molar-refractivity contribution in [3.63, 3.8) is 0 Å². The van der Waals surface area contributed by atoms with Crippen LogP contribution in [0.2, 0.25) is 0 Å². The molecule has 25 heavy (non-hydrogen) atoms. The molecule has 0 aromatic rings. The molecule has 2 bridgehead atoms. The van der Waals surface area contributed by atoms with Gasteiger partial charge in [-0.2, -0.15) is 0 Å². The van der Waals surface area contributed by atoms with E-state index >= 15 is 0 Å². The number of Topliss-reactive ketones (excluding diaryl/α,β-unsaturated/α-hetero) is 2. The van der Waals surface area contributed by atoms with Gasteiger partial charge in [0.1, 0.15) is 5.78 Å². The van der Waals surface area contributed by atoms with E-state index in [0.29, 0.717) is 18.8 Å². The number of ketones is 2. The summed E-state index contributed by atoms with van der Waals surface area (Å²) in [6.07, 6.45) is 1.33. The fourth-order valence-electron chi connectivity index (χ4n) is 5.87. The van der Waals surface area contributed by atoms with Crippen molar-refractivity contribution in [2.24, 2.45) is 28.6 Å². The van der Waals surface area contributed by atoms with Gasteiger partial charge in [0.15, 0.2) is 11.7 Å². The molecule has 0 amide bonds. The maximum absolute atomic E-state index is 13.0. The first-order chi connectivity index (χ1) is 11.5. The number of esters is 1. The van der Waals surface area contributed by atoms with E-state index in [4.69, 9.17) is 9.47 Å². The van der Waals surface area contributed by atoms with E-state index in [9.17, 15) is 14.4 Å². The molecule has 6 unspecified atom stereocenters. The molecule has 0 spiro atoms. The molecule has 1 heterocycles. The molecule has 5 nitrogen and oxygen atoms in total. The minimum absolute atomic E-state index is 0.136. The topological polar surface area (TPSA) is 73.0 Å². The lowest BCUT2D eigenvalue weighted by molar-refractivity contribution is -0.184. The van der Waals surface area contributed by atoms with E-state index in [2.05, 4.69) is 13.8 Å². The van der Waals surface area contributed by atoms with Crippen LogP contribution in [0, 0.1) is 28.6 Å². The van der Waals surface area contributed by atoms with Crippen molar-refractivity contribution in [1.82, 2.24) is 0 Å². The van der Waals surface area contributed by atoms with Crippen molar-refractivity contribution in [2.75, 3.05) is 0 Å². The summed E-state index contributed by atoms with van der Waals surface area (Å²) in [5.74, 6) is 0.0413. The third-order valence-corrected chi connectivity index (χ3v) is 7.66. The number of carbonyl (C=O) groups excluding carboxylic acids is 3. The van der Waals surface area contributed by atoms with Gasteiger partial charge in [-0.3, -0.25) is 14.4 Å². The summed E-state index contributed by atoms with van der Waals surface area (Å²) < 4.78 is 11.4. The van der Waals surface area contributed by atoms with Crippen molar-refractivity contribution in [1.29, 1.82) is 0 Å². The minimum Gasteiger partial charge on any atom is -0.454 e. The average Bonchev–Trinajstić information content (AvgIpc) is 2.95. The first-order valence-corrected chi connectivity index (χ1v) is 9.49. The van der Waals surface area contributed by atoms with Gasteiger partial charge in [0.2, 0.25) is 5.78 Å². The molecule has 4 saturated carbocycles. The van der Waals surface area contributed by atoms with Gasteiger partial charge >= 0.3 is 5.97 Å². The van der Waals surface area contributed by atoms with Gasteiger partial charge in [-0.25, -0.2) is 0 Å². The Morgan fingerprint density at radius 3 is 2.48 bits per heavy atom. The van der Waals surface area contributed by atoms with Crippen LogP contribution in [-0.4, -0.2) is 35.3 Å². The Bertz CT molecular complexity index is 665. The third-order valence-electron chi connectivity index (χ3n) is 7.66. The summed E-state index contributed by atoms with van der Waals surface area (Å²) in [4.78, 5) is 38.2. The van der Waals surface area contributed by atoms with Gasteiger partial charge < -0.3 is 9.47 Å². The van der Waals surface area contributed by atoms with Crippen LogP contribution < -0.4 is 0 Å². The highest BCUT2D eigenvalue weighted by molar-refractivity contribution is 5.99. The highest BCUT2D eigenvalue weighted by atomic mass is 16.6. The lowest BCUT2D eigenvalue weighted by atomic mass is 9.44. The second-order valence-corrected chi connectivity index (χ2v) is 9.65. The third kappa shape index (κ3) is 2.02. The number of ether oxygens (including phenoxy) is 2. The molecule has 5 fully saturated rings. The molecular weight excluding hydrogens is 320 g/mol. The summed E-state index contributed by atoms with van der Waals surface area (Å²) in [5.41, 5.74) is -1.51. The van der Waals surface area contributed by atoms with Crippen molar-refractivity contribution in [3.05, 3.63) is 0 Å². The molecule has 5 aliphatic rings. The van der Waals surface area contributed by atoms with Gasteiger partial charge in [-0.15, -0.1) is 0 Å². The predicted molar refractivity (Wildman–Crippen MR) is 89.7 cm³/mol. The summed E-state index contributed by atoms with van der Waals surface area (Å²) in [6.45, 7) is 9.93. The van der Waals surface area contributed by atoms with E-state index in [0.717, 1.165) is 6.42 Å². The Hall–Kier alpha value is -1.23. The zero-order chi connectivity index (χ0) is 18.4. The molecule has 6 atom stereocenters. The average molecular weight is 348 g/mol. The van der Waals surface area contributed by atoms with Crippen LogP contribution >= 0.6 is 0 Å². The molecule has 0 aromatic carbocycles. The van der Waals surface area contributed by atoms with Crippen molar-refractivity contribution in [3.8, 4) is 0 Å². The second kappa shape index (κ2) is 4.93. The fraction of sp³-hybridized carbons (Fsp3) is 0.850. The molecule has 5 rings (SSSR count). The van der Waals surface area contributed by atoms with Gasteiger partial charge in [0.25, 0.3) is 0 Å². The smallest absolute Gasteiger partial charge is 0.306 e. The standard InChI is InChI=1S/C20H28O5/c1-10(2)6-15(22)24-16-12(8-14-19(5,25-14)17(16)23)20-9-11(7-13(20)21)18(20,3)4/h10-12,14,16H,6-9H2,1-5H3. The number of carbonyl (C=O) groups is 3. The Morgan fingerprint density at radius 2 is 1.96 bits per heavy atom. The van der Waals surface area contributed by atoms with Crippen molar-refractivity contribution < 1.29 is 23.9 Å². The quantitative estimate of drug-likeness (QED) is 0.577. The number of rotatable bonds is 4. The van der Waals surface area contributed by atoms with Crippen molar-refractivity contribution >= 4 is 17.5 Å². The second-order valence-electron chi connectivity index (χ2n) is 9.65. The number of hydrogen-bond acceptors (Lipinski definition) is 5. The number of epoxide rings is 1. The Morgan fingerprint density at radius 1 is 1.28 bits per heavy atom. The minimum atomic E-state index is -0.850. The molecule has 138 valence electrons. The fourth-order valence-corrected chi connectivity index (χ4v) is 5.87. The lowest BCUT2D eigenvalue weighted by Gasteiger charge is -2.58. The van der Waals surface area contributed by atoms with Crippen LogP contribution in [0.4, 0.5) is 0 Å². The highest BCUT2D eigenvalue weighted by Gasteiger charge is 2.78. The maximum Gasteiger partial charge on any atom is 0.306 e. The summed E-state index contributed by atoms with van der Waals surface area (Å²) in [5, 5.41) is 0. The van der Waals surface area contributed by atoms with E-state index < -0.39 is 17.1 Å². The summed E-state index contributed by atoms with van der Waals surface area (Å²) in [7, 11) is 0. The highest BCUT2D eigenvalue weighted by Crippen LogP contribution is 2.74. The lowest BCUT2D eigenvalue weighted by Crippen LogP contribution is -2.62. The molecule has 0 radical (unpaired) electrons. The van der Waals surface area contributed by atoms with Crippen LogP contribution in [0.3, 0.4) is 0 Å². The normalized spacial score (nSPS) is 46.6. The van der Waals surface area contributed by atoms with E-state index in [1.807, 2.05) is 13.8 Å². The summed E-state index contributed by atoms with van der Waals surface area (Å²) in [6, 6.07) is 0. The number of fused-ring (bicyclic) bond motifs is 2. The zero-order valence-corrected chi connectivity index (χ0v) is 15.8. The van der Waals surface area contributed by atoms with Gasteiger partial charge in [-0.05, 0) is 37.0 Å². The molecule has 4 aliphatic carbocycles. The predicted octanol–water partition coefficient (Wildman–Crippen LogP) is 2.70. The van der Waals surface area contributed by atoms with E-state index in [1.54, 1.807) is 6.92 Å². The Labute approximate surface area is 148 Å². The van der Waals surface area contributed by atoms with Crippen LogP contribution in [0.25, 0.3) is 0 Å². The van der Waals surface area contributed by atoms with Crippen molar-refractivity contribution in [2.45, 2.75) is 78.1 Å². The Balaban J connectivity index is 1.66. The molecule has 0 N–H and O–H groups in total. The first-order valence-electron chi connectivity index (χ1n) is 9.49. The monoisotopic (exact) mass is 348 g/mol. The molecule has 5 heteroatoms. The Kier molecular flexibility index (Phi) is 3.39. The molecule has 1 aliphatic heterocycles.